The lowest BCUT2D eigenvalue weighted by Gasteiger charge is -2.31. The SMILES string of the molecule is O=C(OCCF)[C@@H]1CCCN(C(=O)c2ccncc2)C1. The molecule has 0 bridgehead atoms. The second-order valence-electron chi connectivity index (χ2n) is 4.68. The molecule has 1 saturated heterocycles. The summed E-state index contributed by atoms with van der Waals surface area (Å²) in [6.45, 7) is 0.0477. The molecule has 5 nitrogen and oxygen atoms in total. The summed E-state index contributed by atoms with van der Waals surface area (Å²) >= 11 is 0. The fourth-order valence-corrected chi connectivity index (χ4v) is 2.29. The topological polar surface area (TPSA) is 59.5 Å². The van der Waals surface area contributed by atoms with Gasteiger partial charge in [-0.05, 0) is 25.0 Å². The van der Waals surface area contributed by atoms with Crippen LogP contribution in [-0.2, 0) is 9.53 Å². The molecule has 0 N–H and O–H groups in total. The summed E-state index contributed by atoms with van der Waals surface area (Å²) in [5.74, 6) is -0.897. The van der Waals surface area contributed by atoms with E-state index in [2.05, 4.69) is 4.98 Å². The van der Waals surface area contributed by atoms with Crippen LogP contribution in [0.2, 0.25) is 0 Å². The molecule has 1 atom stereocenters. The predicted molar refractivity (Wildman–Crippen MR) is 69.8 cm³/mol. The maximum atomic E-state index is 12.3. The first-order valence-electron chi connectivity index (χ1n) is 6.64. The van der Waals surface area contributed by atoms with E-state index in [1.54, 1.807) is 29.4 Å². The van der Waals surface area contributed by atoms with Gasteiger partial charge in [0.1, 0.15) is 13.3 Å². The number of ether oxygens (including phenoxy) is 1. The average molecular weight is 280 g/mol. The van der Waals surface area contributed by atoms with E-state index in [0.29, 0.717) is 25.1 Å². The molecule has 1 fully saturated rings. The van der Waals surface area contributed by atoms with Crippen molar-refractivity contribution in [2.45, 2.75) is 12.8 Å². The van der Waals surface area contributed by atoms with E-state index < -0.39 is 12.6 Å². The Labute approximate surface area is 116 Å². The van der Waals surface area contributed by atoms with Gasteiger partial charge in [-0.1, -0.05) is 0 Å². The molecule has 0 radical (unpaired) electrons. The van der Waals surface area contributed by atoms with E-state index in [0.717, 1.165) is 6.42 Å². The first-order chi connectivity index (χ1) is 9.72. The van der Waals surface area contributed by atoms with Gasteiger partial charge in [-0.25, -0.2) is 4.39 Å². The molecule has 0 unspecified atom stereocenters. The van der Waals surface area contributed by atoms with Gasteiger partial charge in [0, 0.05) is 31.0 Å². The third kappa shape index (κ3) is 3.53. The number of piperidine rings is 1. The number of hydrogen-bond donors (Lipinski definition) is 0. The normalized spacial score (nSPS) is 18.6. The van der Waals surface area contributed by atoms with Crippen molar-refractivity contribution in [1.82, 2.24) is 9.88 Å². The van der Waals surface area contributed by atoms with Gasteiger partial charge in [0.25, 0.3) is 5.91 Å². The Morgan fingerprint density at radius 2 is 2.15 bits per heavy atom. The molecule has 0 aliphatic carbocycles. The molecule has 108 valence electrons. The van der Waals surface area contributed by atoms with Gasteiger partial charge < -0.3 is 9.64 Å². The number of aromatic nitrogens is 1. The highest BCUT2D eigenvalue weighted by molar-refractivity contribution is 5.94. The van der Waals surface area contributed by atoms with E-state index in [1.165, 1.54) is 0 Å². The van der Waals surface area contributed by atoms with Gasteiger partial charge in [0.15, 0.2) is 0 Å². The number of carbonyl (C=O) groups excluding carboxylic acids is 2. The number of esters is 1. The predicted octanol–water partition coefficient (Wildman–Crippen LogP) is 1.45. The van der Waals surface area contributed by atoms with Gasteiger partial charge >= 0.3 is 5.97 Å². The van der Waals surface area contributed by atoms with Crippen molar-refractivity contribution >= 4 is 11.9 Å². The molecular weight excluding hydrogens is 263 g/mol. The molecule has 1 aromatic heterocycles. The minimum atomic E-state index is -0.682. The molecule has 20 heavy (non-hydrogen) atoms. The van der Waals surface area contributed by atoms with Crippen LogP contribution in [0, 0.1) is 5.92 Å². The Hall–Kier alpha value is -1.98. The van der Waals surface area contributed by atoms with Crippen LogP contribution in [0.15, 0.2) is 24.5 Å². The minimum absolute atomic E-state index is 0.115. The van der Waals surface area contributed by atoms with E-state index in [1.807, 2.05) is 0 Å². The number of nitrogens with zero attached hydrogens (tertiary/aromatic N) is 2. The molecule has 0 saturated carbocycles. The fraction of sp³-hybridized carbons (Fsp3) is 0.500. The molecule has 6 heteroatoms. The highest BCUT2D eigenvalue weighted by Gasteiger charge is 2.29. The third-order valence-electron chi connectivity index (χ3n) is 3.29. The van der Waals surface area contributed by atoms with Crippen LogP contribution in [0.3, 0.4) is 0 Å². The van der Waals surface area contributed by atoms with Gasteiger partial charge in [-0.3, -0.25) is 14.6 Å². The summed E-state index contributed by atoms with van der Waals surface area (Å²) in [6.07, 6.45) is 4.53. The molecular formula is C14H17FN2O3. The monoisotopic (exact) mass is 280 g/mol. The summed E-state index contributed by atoms with van der Waals surface area (Å²) < 4.78 is 16.8. The Bertz CT molecular complexity index is 467. The molecule has 1 aliphatic heterocycles. The maximum absolute atomic E-state index is 12.3. The Morgan fingerprint density at radius 3 is 2.85 bits per heavy atom. The zero-order valence-electron chi connectivity index (χ0n) is 11.1. The Balaban J connectivity index is 1.96. The summed E-state index contributed by atoms with van der Waals surface area (Å²) in [6, 6.07) is 3.29. The van der Waals surface area contributed by atoms with Crippen molar-refractivity contribution < 1.29 is 18.7 Å². The molecule has 0 aromatic carbocycles. The van der Waals surface area contributed by atoms with Crippen molar-refractivity contribution in [3.05, 3.63) is 30.1 Å². The highest BCUT2D eigenvalue weighted by Crippen LogP contribution is 2.19. The van der Waals surface area contributed by atoms with Crippen molar-refractivity contribution in [3.8, 4) is 0 Å². The van der Waals surface area contributed by atoms with Crippen LogP contribution < -0.4 is 0 Å². The van der Waals surface area contributed by atoms with Gasteiger partial charge in [-0.15, -0.1) is 0 Å². The van der Waals surface area contributed by atoms with Crippen LogP contribution >= 0.6 is 0 Å². The van der Waals surface area contributed by atoms with Gasteiger partial charge in [0.05, 0.1) is 5.92 Å². The number of pyridine rings is 1. The lowest BCUT2D eigenvalue weighted by atomic mass is 9.97. The van der Waals surface area contributed by atoms with E-state index in [9.17, 15) is 14.0 Å². The number of halogens is 1. The molecule has 1 aromatic rings. The van der Waals surface area contributed by atoms with E-state index >= 15 is 0 Å². The molecule has 0 spiro atoms. The molecule has 1 aliphatic rings. The fourth-order valence-electron chi connectivity index (χ4n) is 2.29. The van der Waals surface area contributed by atoms with Crippen molar-refractivity contribution in [3.63, 3.8) is 0 Å². The zero-order chi connectivity index (χ0) is 14.4. The molecule has 2 rings (SSSR count). The number of likely N-dealkylation sites (tertiary alicyclic amines) is 1. The average Bonchev–Trinajstić information content (AvgIpc) is 2.52. The third-order valence-corrected chi connectivity index (χ3v) is 3.29. The first kappa shape index (κ1) is 14.4. The van der Waals surface area contributed by atoms with Gasteiger partial charge in [-0.2, -0.15) is 0 Å². The number of alkyl halides is 1. The number of rotatable bonds is 4. The van der Waals surface area contributed by atoms with Crippen molar-refractivity contribution in [2.24, 2.45) is 5.92 Å². The van der Waals surface area contributed by atoms with Crippen LogP contribution in [-0.4, -0.2) is 48.1 Å². The summed E-state index contributed by atoms with van der Waals surface area (Å²) in [5, 5.41) is 0. The molecule has 2 heterocycles. The van der Waals surface area contributed by atoms with Crippen LogP contribution in [0.4, 0.5) is 4.39 Å². The number of carbonyl (C=O) groups is 2. The largest absolute Gasteiger partial charge is 0.463 e. The van der Waals surface area contributed by atoms with Crippen LogP contribution in [0.5, 0.6) is 0 Å². The second kappa shape index (κ2) is 6.98. The Morgan fingerprint density at radius 1 is 1.40 bits per heavy atom. The van der Waals surface area contributed by atoms with Crippen LogP contribution in [0.25, 0.3) is 0 Å². The van der Waals surface area contributed by atoms with Crippen molar-refractivity contribution in [2.75, 3.05) is 26.4 Å². The van der Waals surface area contributed by atoms with Crippen LogP contribution in [0.1, 0.15) is 23.2 Å². The van der Waals surface area contributed by atoms with E-state index in [4.69, 9.17) is 4.74 Å². The zero-order valence-corrected chi connectivity index (χ0v) is 11.1. The smallest absolute Gasteiger partial charge is 0.310 e. The maximum Gasteiger partial charge on any atom is 0.310 e. The Kier molecular flexibility index (Phi) is 5.03. The molecule has 1 amide bonds. The highest BCUT2D eigenvalue weighted by atomic mass is 19.1. The standard InChI is InChI=1S/C14H17FN2O3/c15-5-9-20-14(19)12-2-1-8-17(10-12)13(18)11-3-6-16-7-4-11/h3-4,6-7,12H,1-2,5,8-10H2/t12-/m1/s1. The van der Waals surface area contributed by atoms with Crippen molar-refractivity contribution in [1.29, 1.82) is 0 Å². The minimum Gasteiger partial charge on any atom is -0.463 e. The lowest BCUT2D eigenvalue weighted by Crippen LogP contribution is -2.42. The summed E-state index contributed by atoms with van der Waals surface area (Å²) in [7, 11) is 0. The lowest BCUT2D eigenvalue weighted by molar-refractivity contribution is -0.150. The van der Waals surface area contributed by atoms with Gasteiger partial charge in [0.2, 0.25) is 0 Å². The number of amides is 1. The summed E-state index contributed by atoms with van der Waals surface area (Å²) in [4.78, 5) is 29.5. The van der Waals surface area contributed by atoms with E-state index in [-0.39, 0.29) is 18.4 Å². The number of hydrogen-bond acceptors (Lipinski definition) is 4. The first-order valence-corrected chi connectivity index (χ1v) is 6.64. The quantitative estimate of drug-likeness (QED) is 0.783. The summed E-state index contributed by atoms with van der Waals surface area (Å²) in [5.41, 5.74) is 0.553. The second-order valence-corrected chi connectivity index (χ2v) is 4.68.